The molecule has 0 aliphatic carbocycles. The lowest BCUT2D eigenvalue weighted by atomic mass is 9.95. The molecule has 276 valence electrons. The molecule has 3 fully saturated rings. The van der Waals surface area contributed by atoms with Crippen molar-refractivity contribution in [2.75, 3.05) is 43.4 Å². The highest BCUT2D eigenvalue weighted by molar-refractivity contribution is 7.23. The van der Waals surface area contributed by atoms with Crippen molar-refractivity contribution in [3.8, 4) is 23.2 Å². The Kier molecular flexibility index (Phi) is 8.82. The number of thiophene rings is 1. The number of rotatable bonds is 7. The zero-order valence-corrected chi connectivity index (χ0v) is 30.2. The number of nitriles is 1. The summed E-state index contributed by atoms with van der Waals surface area (Å²) in [5.41, 5.74) is 5.45. The van der Waals surface area contributed by atoms with Crippen LogP contribution >= 0.6 is 22.9 Å². The molecular weight excluding hydrogens is 736 g/mol. The molecule has 6 heterocycles. The minimum absolute atomic E-state index is 0.00570. The maximum absolute atomic E-state index is 17.2. The Balaban J connectivity index is 1.25. The van der Waals surface area contributed by atoms with Crippen LogP contribution in [0.5, 0.6) is 6.01 Å². The Hall–Kier alpha value is -4.79. The van der Waals surface area contributed by atoms with Gasteiger partial charge in [0.1, 0.15) is 47.3 Å². The van der Waals surface area contributed by atoms with Gasteiger partial charge in [-0.25, -0.2) is 18.0 Å². The molecule has 0 spiro atoms. The molecular formula is C35H33ClF4N10O2S. The zero-order chi connectivity index (χ0) is 37.3. The van der Waals surface area contributed by atoms with Gasteiger partial charge in [0, 0.05) is 48.4 Å². The number of aromatic nitrogens is 5. The molecule has 53 heavy (non-hydrogen) atoms. The summed E-state index contributed by atoms with van der Waals surface area (Å²) >= 11 is 7.77. The Bertz CT molecular complexity index is 2330. The van der Waals surface area contributed by atoms with E-state index in [2.05, 4.69) is 20.0 Å². The Morgan fingerprint density at radius 3 is 2.81 bits per heavy atom. The molecule has 2 aromatic carbocycles. The summed E-state index contributed by atoms with van der Waals surface area (Å²) in [5, 5.41) is 13.9. The Morgan fingerprint density at radius 1 is 1.26 bits per heavy atom. The van der Waals surface area contributed by atoms with Gasteiger partial charge in [-0.1, -0.05) is 17.7 Å². The molecule has 1 unspecified atom stereocenters. The monoisotopic (exact) mass is 768 g/mol. The Morgan fingerprint density at radius 2 is 2.08 bits per heavy atom. The number of likely N-dealkylation sites (N-methyl/N-ethyl adjacent to an activating group) is 1. The standard InChI is InChI=1S/C35H33ClF4N10O2S/c1-3-48(34(51)50-16-43-32(40)46-50)24-7-10-49(17(24)2)31-20-11-22(36)26(19-5-6-23(38)29-25(19)21(13-41)30(42)53-29)27(39)28(20)44-33(45-31)52-15-35-8-4-9-47(35)14-18(37)12-35/h5-6,11,16-18,24H,3-4,7-10,12,14-15,42H2,1-2H3/t17-,18-,24?,35+/m1/s1. The number of anilines is 2. The lowest BCUT2D eigenvalue weighted by Gasteiger charge is -2.33. The number of carbonyl (C=O) groups excluding carboxylic acids is 1. The second kappa shape index (κ2) is 13.3. The van der Waals surface area contributed by atoms with E-state index in [-0.39, 0.29) is 72.9 Å². The molecule has 8 rings (SSSR count). The molecule has 3 aliphatic heterocycles. The SMILES string of the molecule is CCN(C(=O)n1cnc(F)n1)C1CCN(c2nc(OC[C@@]34CCCN3C[C@H](F)C4)nc3c(F)c(-c4ccc(F)c5sc(N)c(C#N)c45)c(Cl)cc23)[C@@H]1C. The highest BCUT2D eigenvalue weighted by atomic mass is 35.5. The zero-order valence-electron chi connectivity index (χ0n) is 28.6. The molecule has 3 aromatic heterocycles. The van der Waals surface area contributed by atoms with Gasteiger partial charge in [0.2, 0.25) is 0 Å². The van der Waals surface area contributed by atoms with E-state index in [0.717, 1.165) is 41.7 Å². The maximum Gasteiger partial charge on any atom is 0.346 e. The number of ether oxygens (including phenoxy) is 1. The smallest absolute Gasteiger partial charge is 0.346 e. The highest BCUT2D eigenvalue weighted by Gasteiger charge is 2.49. The van der Waals surface area contributed by atoms with Crippen LogP contribution in [0.3, 0.4) is 0 Å². The normalized spacial score (nSPS) is 22.9. The van der Waals surface area contributed by atoms with Crippen LogP contribution in [-0.4, -0.2) is 97.1 Å². The lowest BCUT2D eigenvalue weighted by molar-refractivity contribution is 0.107. The van der Waals surface area contributed by atoms with Gasteiger partial charge in [-0.15, -0.1) is 16.4 Å². The fraction of sp³-hybridized carbons (Fsp3) is 0.429. The van der Waals surface area contributed by atoms with Crippen molar-refractivity contribution < 1.29 is 27.1 Å². The number of benzene rings is 2. The van der Waals surface area contributed by atoms with Crippen molar-refractivity contribution >= 4 is 60.8 Å². The van der Waals surface area contributed by atoms with Gasteiger partial charge >= 0.3 is 18.1 Å². The number of nitrogens with zero attached hydrogens (tertiary/aromatic N) is 9. The van der Waals surface area contributed by atoms with E-state index in [9.17, 15) is 23.2 Å². The van der Waals surface area contributed by atoms with Gasteiger partial charge < -0.3 is 20.3 Å². The Labute approximate surface area is 309 Å². The van der Waals surface area contributed by atoms with Gasteiger partial charge in [0.25, 0.3) is 0 Å². The third kappa shape index (κ3) is 5.69. The number of fused-ring (bicyclic) bond motifs is 3. The minimum atomic E-state index is -1.03. The first-order chi connectivity index (χ1) is 25.4. The number of hydrogen-bond donors (Lipinski definition) is 1. The van der Waals surface area contributed by atoms with Crippen LogP contribution in [-0.2, 0) is 0 Å². The van der Waals surface area contributed by atoms with E-state index in [1.807, 2.05) is 17.9 Å². The first-order valence-corrected chi connectivity index (χ1v) is 18.4. The molecule has 5 aromatic rings. The van der Waals surface area contributed by atoms with Gasteiger partial charge in [0.05, 0.1) is 26.9 Å². The first kappa shape index (κ1) is 35.3. The second-order valence-electron chi connectivity index (χ2n) is 13.7. The topological polar surface area (TPSA) is 142 Å². The van der Waals surface area contributed by atoms with Crippen LogP contribution in [0.25, 0.3) is 32.1 Å². The second-order valence-corrected chi connectivity index (χ2v) is 15.2. The van der Waals surface area contributed by atoms with Crippen molar-refractivity contribution in [1.82, 2.24) is 34.5 Å². The highest BCUT2D eigenvalue weighted by Crippen LogP contribution is 2.47. The number of nitrogens with two attached hydrogens (primary N) is 1. The predicted octanol–water partition coefficient (Wildman–Crippen LogP) is 6.54. The third-order valence-electron chi connectivity index (χ3n) is 10.9. The molecule has 0 bridgehead atoms. The van der Waals surface area contributed by atoms with Crippen molar-refractivity contribution in [2.24, 2.45) is 0 Å². The van der Waals surface area contributed by atoms with Gasteiger partial charge in [0.15, 0.2) is 5.82 Å². The molecule has 2 N–H and O–H groups in total. The molecule has 3 saturated heterocycles. The van der Waals surface area contributed by atoms with Crippen LogP contribution in [0, 0.1) is 29.0 Å². The fourth-order valence-electron chi connectivity index (χ4n) is 8.46. The maximum atomic E-state index is 17.2. The van der Waals surface area contributed by atoms with Gasteiger partial charge in [-0.05, 0) is 57.4 Å². The summed E-state index contributed by atoms with van der Waals surface area (Å²) in [6.07, 6.45) is 1.40. The van der Waals surface area contributed by atoms with Crippen LogP contribution in [0.2, 0.25) is 5.02 Å². The van der Waals surface area contributed by atoms with E-state index >= 15 is 4.39 Å². The number of halogens is 5. The third-order valence-corrected chi connectivity index (χ3v) is 12.2. The average molecular weight is 769 g/mol. The van der Waals surface area contributed by atoms with E-state index < -0.39 is 41.5 Å². The van der Waals surface area contributed by atoms with E-state index in [1.165, 1.54) is 18.2 Å². The summed E-state index contributed by atoms with van der Waals surface area (Å²) in [5.74, 6) is -1.18. The predicted molar refractivity (Wildman–Crippen MR) is 191 cm³/mol. The van der Waals surface area contributed by atoms with Crippen LogP contribution in [0.15, 0.2) is 24.5 Å². The molecule has 3 aliphatic rings. The summed E-state index contributed by atoms with van der Waals surface area (Å²) in [7, 11) is 0. The molecule has 12 nitrogen and oxygen atoms in total. The average Bonchev–Trinajstić information content (AvgIpc) is 3.95. The minimum Gasteiger partial charge on any atom is -0.461 e. The molecule has 4 atom stereocenters. The number of amides is 1. The summed E-state index contributed by atoms with van der Waals surface area (Å²) in [4.78, 5) is 31.7. The number of alkyl halides is 1. The van der Waals surface area contributed by atoms with E-state index in [4.69, 9.17) is 27.1 Å². The molecule has 18 heteroatoms. The molecule has 0 radical (unpaired) electrons. The van der Waals surface area contributed by atoms with Crippen molar-refractivity contribution in [3.05, 3.63) is 52.8 Å². The van der Waals surface area contributed by atoms with Crippen molar-refractivity contribution in [1.29, 1.82) is 5.26 Å². The van der Waals surface area contributed by atoms with Crippen LogP contribution in [0.1, 0.15) is 45.1 Å². The van der Waals surface area contributed by atoms with Crippen molar-refractivity contribution in [3.63, 3.8) is 0 Å². The van der Waals surface area contributed by atoms with Crippen molar-refractivity contribution in [2.45, 2.75) is 63.3 Å². The lowest BCUT2D eigenvalue weighted by Crippen LogP contribution is -2.48. The fourth-order valence-corrected chi connectivity index (χ4v) is 9.71. The molecule has 1 amide bonds. The number of nitrogen functional groups attached to an aromatic ring is 1. The van der Waals surface area contributed by atoms with Gasteiger partial charge in [-0.3, -0.25) is 4.90 Å². The first-order valence-electron chi connectivity index (χ1n) is 17.2. The number of hydrogen-bond acceptors (Lipinski definition) is 11. The van der Waals surface area contributed by atoms with E-state index in [1.54, 1.807) is 11.8 Å². The summed E-state index contributed by atoms with van der Waals surface area (Å²) in [6, 6.07) is 4.57. The van der Waals surface area contributed by atoms with Gasteiger partial charge in [-0.2, -0.15) is 29.3 Å². The quantitative estimate of drug-likeness (QED) is 0.182. The summed E-state index contributed by atoms with van der Waals surface area (Å²) < 4.78 is 67.6. The van der Waals surface area contributed by atoms with E-state index in [0.29, 0.717) is 31.7 Å². The molecule has 0 saturated carbocycles. The van der Waals surface area contributed by atoms with Crippen LogP contribution in [0.4, 0.5) is 33.2 Å². The largest absolute Gasteiger partial charge is 0.461 e. The van der Waals surface area contributed by atoms with Crippen LogP contribution < -0.4 is 15.4 Å². The summed E-state index contributed by atoms with van der Waals surface area (Å²) in [6.45, 7) is 5.50. The number of carbonyl (C=O) groups is 1.